The fourth-order valence-electron chi connectivity index (χ4n) is 0.569. The van der Waals surface area contributed by atoms with Gasteiger partial charge in [0.2, 0.25) is 0 Å². The van der Waals surface area contributed by atoms with Crippen molar-refractivity contribution < 1.29 is 9.13 Å². The van der Waals surface area contributed by atoms with Crippen LogP contribution in [0.3, 0.4) is 0 Å². The van der Waals surface area contributed by atoms with E-state index >= 15 is 0 Å². The zero-order valence-corrected chi connectivity index (χ0v) is 7.21. The van der Waals surface area contributed by atoms with E-state index in [1.54, 1.807) is 14.2 Å². The molecule has 1 N–H and O–H groups in total. The Kier molecular flexibility index (Phi) is 11.7. The maximum atomic E-state index is 12.4. The van der Waals surface area contributed by atoms with Crippen LogP contribution in [0.4, 0.5) is 4.39 Å². The van der Waals surface area contributed by atoms with E-state index in [1.165, 1.54) is 0 Å². The number of methoxy groups -OCH3 is 1. The van der Waals surface area contributed by atoms with Crippen LogP contribution in [-0.2, 0) is 4.74 Å². The molecule has 0 heterocycles. The molecule has 0 saturated carbocycles. The van der Waals surface area contributed by atoms with E-state index in [-0.39, 0.29) is 12.4 Å². The quantitative estimate of drug-likeness (QED) is 0.667. The van der Waals surface area contributed by atoms with E-state index in [4.69, 9.17) is 4.74 Å². The highest BCUT2D eigenvalue weighted by atomic mass is 35.5. The van der Waals surface area contributed by atoms with Gasteiger partial charge in [-0.15, -0.1) is 12.4 Å². The molecule has 0 amide bonds. The topological polar surface area (TPSA) is 21.3 Å². The summed E-state index contributed by atoms with van der Waals surface area (Å²) >= 11 is 0. The monoisotopic (exact) mass is 171 g/mol. The molecule has 0 aliphatic carbocycles. The van der Waals surface area contributed by atoms with Crippen molar-refractivity contribution in [1.29, 1.82) is 0 Å². The van der Waals surface area contributed by atoms with Crippen molar-refractivity contribution in [3.8, 4) is 0 Å². The summed E-state index contributed by atoms with van der Waals surface area (Å²) in [5.41, 5.74) is 0. The van der Waals surface area contributed by atoms with E-state index in [0.29, 0.717) is 19.6 Å². The van der Waals surface area contributed by atoms with Gasteiger partial charge in [-0.25, -0.2) is 4.39 Å². The first-order valence-electron chi connectivity index (χ1n) is 3.09. The second kappa shape index (κ2) is 9.14. The summed E-state index contributed by atoms with van der Waals surface area (Å²) in [6.07, 6.45) is -0.285. The Morgan fingerprint density at radius 2 is 2.20 bits per heavy atom. The van der Waals surface area contributed by atoms with Crippen molar-refractivity contribution in [2.75, 3.05) is 27.3 Å². The maximum absolute atomic E-state index is 12.4. The lowest BCUT2D eigenvalue weighted by Crippen LogP contribution is -2.20. The minimum atomic E-state index is -0.769. The smallest absolute Gasteiger partial charge is 0.115 e. The third-order valence-corrected chi connectivity index (χ3v) is 1.06. The minimum absolute atomic E-state index is 0. The molecule has 2 nitrogen and oxygen atoms in total. The van der Waals surface area contributed by atoms with Crippen LogP contribution < -0.4 is 5.32 Å². The molecular formula is C6H15ClFNO. The number of alkyl halides is 1. The van der Waals surface area contributed by atoms with Crippen LogP contribution in [0.15, 0.2) is 0 Å². The predicted octanol–water partition coefficient (Wildman–Crippen LogP) is 1.00. The summed E-state index contributed by atoms with van der Waals surface area (Å²) in [6.45, 7) is 0.923. The Morgan fingerprint density at radius 1 is 1.60 bits per heavy atom. The Balaban J connectivity index is 0. The molecule has 0 aromatic heterocycles. The van der Waals surface area contributed by atoms with Crippen LogP contribution in [0, 0.1) is 0 Å². The van der Waals surface area contributed by atoms with Gasteiger partial charge in [-0.05, 0) is 7.05 Å². The molecule has 0 spiro atoms. The van der Waals surface area contributed by atoms with Crippen molar-refractivity contribution >= 4 is 12.4 Å². The number of hydrogen-bond donors (Lipinski definition) is 1. The highest BCUT2D eigenvalue weighted by Gasteiger charge is 2.02. The Hall–Kier alpha value is 0.140. The van der Waals surface area contributed by atoms with Crippen LogP contribution in [0.5, 0.6) is 0 Å². The van der Waals surface area contributed by atoms with Crippen molar-refractivity contribution in [3.05, 3.63) is 0 Å². The normalized spacial score (nSPS) is 12.3. The molecular weight excluding hydrogens is 157 g/mol. The lowest BCUT2D eigenvalue weighted by molar-refractivity contribution is 0.161. The summed E-state index contributed by atoms with van der Waals surface area (Å²) in [4.78, 5) is 0. The number of ether oxygens (including phenoxy) is 1. The summed E-state index contributed by atoms with van der Waals surface area (Å²) in [5.74, 6) is 0. The first-order chi connectivity index (χ1) is 4.31. The van der Waals surface area contributed by atoms with Gasteiger partial charge < -0.3 is 10.1 Å². The van der Waals surface area contributed by atoms with Crippen LogP contribution in [0.1, 0.15) is 6.42 Å². The van der Waals surface area contributed by atoms with Crippen molar-refractivity contribution in [2.45, 2.75) is 12.6 Å². The molecule has 0 aromatic rings. The Bertz CT molecular complexity index is 65.7. The van der Waals surface area contributed by atoms with E-state index in [1.807, 2.05) is 0 Å². The number of nitrogens with one attached hydrogen (secondary N) is 1. The summed E-state index contributed by atoms with van der Waals surface area (Å²) in [5, 5.41) is 2.75. The van der Waals surface area contributed by atoms with Gasteiger partial charge in [-0.3, -0.25) is 0 Å². The van der Waals surface area contributed by atoms with Gasteiger partial charge in [0.1, 0.15) is 6.17 Å². The third-order valence-electron chi connectivity index (χ3n) is 1.06. The van der Waals surface area contributed by atoms with Gasteiger partial charge in [-0.1, -0.05) is 0 Å². The summed E-state index contributed by atoms with van der Waals surface area (Å²) in [6, 6.07) is 0. The van der Waals surface area contributed by atoms with E-state index in [2.05, 4.69) is 5.32 Å². The molecule has 1 atom stereocenters. The largest absolute Gasteiger partial charge is 0.385 e. The van der Waals surface area contributed by atoms with E-state index in [0.717, 1.165) is 0 Å². The highest BCUT2D eigenvalue weighted by Crippen LogP contribution is 1.94. The molecule has 4 heteroatoms. The maximum Gasteiger partial charge on any atom is 0.115 e. The van der Waals surface area contributed by atoms with E-state index in [9.17, 15) is 4.39 Å². The fourth-order valence-corrected chi connectivity index (χ4v) is 0.569. The lowest BCUT2D eigenvalue weighted by Gasteiger charge is -2.04. The molecule has 0 saturated heterocycles. The molecule has 64 valence electrons. The molecule has 0 rings (SSSR count). The highest BCUT2D eigenvalue weighted by molar-refractivity contribution is 5.85. The first kappa shape index (κ1) is 12.8. The SMILES string of the molecule is CNCC(F)CCOC.Cl. The number of rotatable bonds is 5. The zero-order valence-electron chi connectivity index (χ0n) is 6.39. The average molecular weight is 172 g/mol. The van der Waals surface area contributed by atoms with Crippen molar-refractivity contribution in [2.24, 2.45) is 0 Å². The lowest BCUT2D eigenvalue weighted by atomic mass is 10.3. The molecule has 10 heavy (non-hydrogen) atoms. The zero-order chi connectivity index (χ0) is 7.11. The van der Waals surface area contributed by atoms with Crippen LogP contribution in [0.25, 0.3) is 0 Å². The predicted molar refractivity (Wildman–Crippen MR) is 42.6 cm³/mol. The van der Waals surface area contributed by atoms with Crippen LogP contribution in [-0.4, -0.2) is 33.5 Å². The molecule has 0 bridgehead atoms. The van der Waals surface area contributed by atoms with Gasteiger partial charge in [-0.2, -0.15) is 0 Å². The minimum Gasteiger partial charge on any atom is -0.385 e. The molecule has 0 aliphatic rings. The van der Waals surface area contributed by atoms with Crippen molar-refractivity contribution in [1.82, 2.24) is 5.32 Å². The average Bonchev–Trinajstić information content (AvgIpc) is 1.85. The van der Waals surface area contributed by atoms with Crippen molar-refractivity contribution in [3.63, 3.8) is 0 Å². The van der Waals surface area contributed by atoms with Gasteiger partial charge in [0, 0.05) is 26.7 Å². The Morgan fingerprint density at radius 3 is 2.60 bits per heavy atom. The molecule has 0 aliphatic heterocycles. The number of halogens is 2. The molecule has 1 unspecified atom stereocenters. The van der Waals surface area contributed by atoms with Crippen LogP contribution in [0.2, 0.25) is 0 Å². The molecule has 0 radical (unpaired) electrons. The molecule has 0 aromatic carbocycles. The summed E-state index contributed by atoms with van der Waals surface area (Å²) in [7, 11) is 3.31. The van der Waals surface area contributed by atoms with E-state index < -0.39 is 6.17 Å². The molecule has 0 fully saturated rings. The van der Waals surface area contributed by atoms with Gasteiger partial charge in [0.05, 0.1) is 0 Å². The van der Waals surface area contributed by atoms with Crippen LogP contribution >= 0.6 is 12.4 Å². The second-order valence-electron chi connectivity index (χ2n) is 1.94. The van der Waals surface area contributed by atoms with Gasteiger partial charge in [0.25, 0.3) is 0 Å². The summed E-state index contributed by atoms with van der Waals surface area (Å²) < 4.78 is 17.1. The third kappa shape index (κ3) is 8.14. The Labute approximate surface area is 67.5 Å². The fraction of sp³-hybridized carbons (Fsp3) is 1.00. The number of hydrogen-bond acceptors (Lipinski definition) is 2. The second-order valence-corrected chi connectivity index (χ2v) is 1.94. The standard InChI is InChI=1S/C6H14FNO.ClH/c1-8-5-6(7)3-4-9-2;/h6,8H,3-5H2,1-2H3;1H. The van der Waals surface area contributed by atoms with Gasteiger partial charge >= 0.3 is 0 Å². The first-order valence-corrected chi connectivity index (χ1v) is 3.09. The van der Waals surface area contributed by atoms with Gasteiger partial charge in [0.15, 0.2) is 0 Å².